The Morgan fingerprint density at radius 1 is 1.08 bits per heavy atom. The van der Waals surface area contributed by atoms with E-state index in [1.807, 2.05) is 26.0 Å². The third-order valence-electron chi connectivity index (χ3n) is 3.50. The summed E-state index contributed by atoms with van der Waals surface area (Å²) >= 11 is 0. The van der Waals surface area contributed by atoms with E-state index in [9.17, 15) is 9.59 Å². The van der Waals surface area contributed by atoms with Gasteiger partial charge in [-0.05, 0) is 49.7 Å². The molecule has 1 amide bonds. The Kier molecular flexibility index (Phi) is 6.14. The van der Waals surface area contributed by atoms with Crippen LogP contribution in [0.25, 0.3) is 0 Å². The van der Waals surface area contributed by atoms with Gasteiger partial charge in [-0.1, -0.05) is 12.1 Å². The lowest BCUT2D eigenvalue weighted by Crippen LogP contribution is -2.13. The number of amides is 1. The molecule has 0 saturated carbocycles. The van der Waals surface area contributed by atoms with Gasteiger partial charge in [-0.2, -0.15) is 0 Å². The van der Waals surface area contributed by atoms with Crippen molar-refractivity contribution in [3.05, 3.63) is 59.2 Å². The number of carboxylic acids is 1. The summed E-state index contributed by atoms with van der Waals surface area (Å²) in [4.78, 5) is 23.4. The summed E-state index contributed by atoms with van der Waals surface area (Å²) in [6.07, 6.45) is 0.143. The van der Waals surface area contributed by atoms with Crippen molar-refractivity contribution in [1.29, 1.82) is 0 Å². The fourth-order valence-electron chi connectivity index (χ4n) is 2.14. The number of hydrogen-bond acceptors (Lipinski definition) is 4. The number of anilines is 1. The summed E-state index contributed by atoms with van der Waals surface area (Å²) in [5.41, 5.74) is 1.96. The lowest BCUT2D eigenvalue weighted by atomic mass is 10.1. The molecule has 0 bridgehead atoms. The molecule has 0 heterocycles. The van der Waals surface area contributed by atoms with E-state index < -0.39 is 5.97 Å². The molecule has 132 valence electrons. The molecule has 0 aliphatic heterocycles. The second-order valence-corrected chi connectivity index (χ2v) is 5.73. The predicted molar refractivity (Wildman–Crippen MR) is 94.3 cm³/mol. The molecule has 0 fully saturated rings. The Morgan fingerprint density at radius 2 is 1.72 bits per heavy atom. The van der Waals surface area contributed by atoms with Crippen molar-refractivity contribution in [1.82, 2.24) is 0 Å². The van der Waals surface area contributed by atoms with Crippen LogP contribution in [0.5, 0.6) is 5.75 Å². The first-order chi connectivity index (χ1) is 11.9. The maximum absolute atomic E-state index is 12.4. The first kappa shape index (κ1) is 18.5. The molecule has 6 heteroatoms. The fraction of sp³-hybridized carbons (Fsp3) is 0.263. The normalized spacial score (nSPS) is 10.6. The predicted octanol–water partition coefficient (Wildman–Crippen LogP) is 3.57. The van der Waals surface area contributed by atoms with Crippen molar-refractivity contribution in [2.24, 2.45) is 0 Å². The Bertz CT molecular complexity index is 753. The lowest BCUT2D eigenvalue weighted by molar-refractivity contribution is 0.0656. The smallest absolute Gasteiger partial charge is 0.335 e. The topological polar surface area (TPSA) is 84.9 Å². The molecule has 0 radical (unpaired) electrons. The number of hydrogen-bond donors (Lipinski definition) is 2. The summed E-state index contributed by atoms with van der Waals surface area (Å²) in [5.74, 6) is -1.08. The molecule has 25 heavy (non-hydrogen) atoms. The van der Waals surface area contributed by atoms with E-state index >= 15 is 0 Å². The van der Waals surface area contributed by atoms with Gasteiger partial charge in [0.15, 0.2) is 0 Å². The number of rotatable bonds is 7. The molecule has 6 nitrogen and oxygen atoms in total. The summed E-state index contributed by atoms with van der Waals surface area (Å²) in [5, 5.41) is 11.7. The molecule has 0 aliphatic rings. The van der Waals surface area contributed by atoms with Gasteiger partial charge in [-0.25, -0.2) is 4.79 Å². The first-order valence-electron chi connectivity index (χ1n) is 7.84. The van der Waals surface area contributed by atoms with Gasteiger partial charge in [0.2, 0.25) is 0 Å². The molecular formula is C19H21NO5. The maximum atomic E-state index is 12.4. The third kappa shape index (κ3) is 5.06. The SMILES string of the molecule is COc1cc(C(=O)O)ccc1NC(=O)c1ccc(COC(C)C)cc1. The van der Waals surface area contributed by atoms with Crippen LogP contribution in [0.1, 0.15) is 40.1 Å². The van der Waals surface area contributed by atoms with Crippen molar-refractivity contribution < 1.29 is 24.2 Å². The van der Waals surface area contributed by atoms with Crippen LogP contribution >= 0.6 is 0 Å². The number of benzene rings is 2. The molecule has 2 rings (SSSR count). The van der Waals surface area contributed by atoms with Crippen LogP contribution in [0.3, 0.4) is 0 Å². The average Bonchev–Trinajstić information content (AvgIpc) is 2.60. The molecule has 2 N–H and O–H groups in total. The van der Waals surface area contributed by atoms with Crippen LogP contribution in [-0.4, -0.2) is 30.2 Å². The first-order valence-corrected chi connectivity index (χ1v) is 7.84. The number of methoxy groups -OCH3 is 1. The van der Waals surface area contributed by atoms with Crippen LogP contribution in [-0.2, 0) is 11.3 Å². The van der Waals surface area contributed by atoms with Gasteiger partial charge in [-0.3, -0.25) is 4.79 Å². The highest BCUT2D eigenvalue weighted by molar-refractivity contribution is 6.05. The zero-order valence-electron chi connectivity index (χ0n) is 14.4. The molecule has 0 unspecified atom stereocenters. The van der Waals surface area contributed by atoms with E-state index in [-0.39, 0.29) is 23.3 Å². The molecule has 0 spiro atoms. The van der Waals surface area contributed by atoms with E-state index in [0.29, 0.717) is 17.9 Å². The van der Waals surface area contributed by atoms with Gasteiger partial charge in [-0.15, -0.1) is 0 Å². The maximum Gasteiger partial charge on any atom is 0.335 e. The highest BCUT2D eigenvalue weighted by Crippen LogP contribution is 2.26. The van der Waals surface area contributed by atoms with Gasteiger partial charge >= 0.3 is 5.97 Å². The minimum absolute atomic E-state index is 0.0874. The average molecular weight is 343 g/mol. The second-order valence-electron chi connectivity index (χ2n) is 5.73. The minimum Gasteiger partial charge on any atom is -0.495 e. The molecular weight excluding hydrogens is 322 g/mol. The van der Waals surface area contributed by atoms with E-state index in [1.54, 1.807) is 12.1 Å². The van der Waals surface area contributed by atoms with Gasteiger partial charge in [0.1, 0.15) is 5.75 Å². The van der Waals surface area contributed by atoms with Gasteiger partial charge in [0.05, 0.1) is 31.1 Å². The second kappa shape index (κ2) is 8.30. The van der Waals surface area contributed by atoms with E-state index in [2.05, 4.69) is 5.32 Å². The largest absolute Gasteiger partial charge is 0.495 e. The minimum atomic E-state index is -1.06. The van der Waals surface area contributed by atoms with Gasteiger partial charge in [0.25, 0.3) is 5.91 Å². The Labute approximate surface area is 146 Å². The fourth-order valence-corrected chi connectivity index (χ4v) is 2.14. The number of ether oxygens (including phenoxy) is 2. The molecule has 0 aliphatic carbocycles. The van der Waals surface area contributed by atoms with E-state index in [1.165, 1.54) is 25.3 Å². The Morgan fingerprint density at radius 3 is 2.28 bits per heavy atom. The molecule has 2 aromatic carbocycles. The number of carboxylic acid groups (broad SMARTS) is 1. The zero-order chi connectivity index (χ0) is 18.4. The monoisotopic (exact) mass is 343 g/mol. The van der Waals surface area contributed by atoms with Crippen LogP contribution in [0.2, 0.25) is 0 Å². The van der Waals surface area contributed by atoms with Crippen molar-refractivity contribution in [2.75, 3.05) is 12.4 Å². The number of aromatic carboxylic acids is 1. The van der Waals surface area contributed by atoms with Gasteiger partial charge in [0, 0.05) is 5.56 Å². The summed E-state index contributed by atoms with van der Waals surface area (Å²) in [7, 11) is 1.42. The summed E-state index contributed by atoms with van der Waals surface area (Å²) in [6.45, 7) is 4.42. The standard InChI is InChI=1S/C19H21NO5/c1-12(2)25-11-13-4-6-14(7-5-13)18(21)20-16-9-8-15(19(22)23)10-17(16)24-3/h4-10,12H,11H2,1-3H3,(H,20,21)(H,22,23). The summed E-state index contributed by atoms with van der Waals surface area (Å²) in [6, 6.07) is 11.4. The molecule has 0 saturated heterocycles. The Hall–Kier alpha value is -2.86. The van der Waals surface area contributed by atoms with Crippen LogP contribution in [0.15, 0.2) is 42.5 Å². The quantitative estimate of drug-likeness (QED) is 0.803. The highest BCUT2D eigenvalue weighted by atomic mass is 16.5. The molecule has 0 aromatic heterocycles. The van der Waals surface area contributed by atoms with E-state index in [0.717, 1.165) is 5.56 Å². The number of carbonyl (C=O) groups is 2. The van der Waals surface area contributed by atoms with Crippen molar-refractivity contribution >= 4 is 17.6 Å². The molecule has 2 aromatic rings. The lowest BCUT2D eigenvalue weighted by Gasteiger charge is -2.11. The number of nitrogens with one attached hydrogen (secondary N) is 1. The van der Waals surface area contributed by atoms with Crippen molar-refractivity contribution in [3.8, 4) is 5.75 Å². The number of carbonyl (C=O) groups excluding carboxylic acids is 1. The van der Waals surface area contributed by atoms with Gasteiger partial charge < -0.3 is 19.9 Å². The highest BCUT2D eigenvalue weighted by Gasteiger charge is 2.12. The Balaban J connectivity index is 2.10. The van der Waals surface area contributed by atoms with Crippen molar-refractivity contribution in [2.45, 2.75) is 26.6 Å². The third-order valence-corrected chi connectivity index (χ3v) is 3.50. The van der Waals surface area contributed by atoms with Crippen LogP contribution in [0, 0.1) is 0 Å². The van der Waals surface area contributed by atoms with Crippen LogP contribution < -0.4 is 10.1 Å². The van der Waals surface area contributed by atoms with Crippen LogP contribution in [0.4, 0.5) is 5.69 Å². The van der Waals surface area contributed by atoms with Crippen molar-refractivity contribution in [3.63, 3.8) is 0 Å². The zero-order valence-corrected chi connectivity index (χ0v) is 14.4. The van der Waals surface area contributed by atoms with E-state index in [4.69, 9.17) is 14.6 Å². The summed E-state index contributed by atoms with van der Waals surface area (Å²) < 4.78 is 10.7. The molecule has 0 atom stereocenters.